The largest absolute Gasteiger partial charge is 0.322 e. The van der Waals surface area contributed by atoms with Crippen molar-refractivity contribution in [1.82, 2.24) is 24.6 Å². The van der Waals surface area contributed by atoms with Crippen LogP contribution in [-0.2, 0) is 18.4 Å². The molecular weight excluding hydrogens is 339 g/mol. The zero-order valence-corrected chi connectivity index (χ0v) is 13.8. The molecular formula is C17H15FN6O2. The minimum Gasteiger partial charge on any atom is -0.322 e. The number of carbonyl (C=O) groups is 1. The lowest BCUT2D eigenvalue weighted by Crippen LogP contribution is -2.28. The standard InChI is InChI=1S/C17H15FN6O2/c1-23-14-8-20-16(11(14)7-21-23)17(26)22-13-3-2-10(6-12(13)18)24-5-4-19-9-15(24)25/h2-7,9,16,20H,8H2,1H3,(H,22,26)/t16-/m0/s1. The number of hydrogen-bond donors (Lipinski definition) is 2. The molecule has 0 saturated carbocycles. The fourth-order valence-corrected chi connectivity index (χ4v) is 3.00. The predicted octanol–water partition coefficient (Wildman–Crippen LogP) is 0.888. The summed E-state index contributed by atoms with van der Waals surface area (Å²) in [5.74, 6) is -1.01. The van der Waals surface area contributed by atoms with Gasteiger partial charge in [0.25, 0.3) is 5.56 Å². The summed E-state index contributed by atoms with van der Waals surface area (Å²) in [6.45, 7) is 0.524. The number of nitrogens with zero attached hydrogens (tertiary/aromatic N) is 4. The summed E-state index contributed by atoms with van der Waals surface area (Å²) < 4.78 is 17.4. The van der Waals surface area contributed by atoms with Crippen LogP contribution in [0.2, 0.25) is 0 Å². The van der Waals surface area contributed by atoms with Crippen LogP contribution in [0.3, 0.4) is 0 Å². The highest BCUT2D eigenvalue weighted by molar-refractivity contribution is 5.96. The van der Waals surface area contributed by atoms with E-state index < -0.39 is 11.9 Å². The first kappa shape index (κ1) is 16.2. The number of hydrogen-bond acceptors (Lipinski definition) is 5. The Morgan fingerprint density at radius 2 is 2.23 bits per heavy atom. The average molecular weight is 354 g/mol. The Bertz CT molecular complexity index is 1060. The smallest absolute Gasteiger partial charge is 0.273 e. The zero-order valence-electron chi connectivity index (χ0n) is 13.8. The molecule has 9 heteroatoms. The number of nitrogens with one attached hydrogen (secondary N) is 2. The Kier molecular flexibility index (Phi) is 3.85. The molecule has 1 aromatic carbocycles. The molecule has 0 bridgehead atoms. The number of carbonyl (C=O) groups excluding carboxylic acids is 1. The van der Waals surface area contributed by atoms with E-state index in [1.165, 1.54) is 29.1 Å². The van der Waals surface area contributed by atoms with Crippen molar-refractivity contribution in [3.05, 3.63) is 70.4 Å². The summed E-state index contributed by atoms with van der Waals surface area (Å²) in [6, 6.07) is 3.58. The SMILES string of the molecule is Cn1ncc2c1CN[C@@H]2C(=O)Nc1ccc(-n2ccncc2=O)cc1F. The van der Waals surface area contributed by atoms with Crippen molar-refractivity contribution in [2.45, 2.75) is 12.6 Å². The van der Waals surface area contributed by atoms with Gasteiger partial charge < -0.3 is 5.32 Å². The summed E-state index contributed by atoms with van der Waals surface area (Å²) in [5, 5.41) is 9.80. The van der Waals surface area contributed by atoms with E-state index in [4.69, 9.17) is 0 Å². The zero-order chi connectivity index (χ0) is 18.3. The van der Waals surface area contributed by atoms with Gasteiger partial charge >= 0.3 is 0 Å². The summed E-state index contributed by atoms with van der Waals surface area (Å²) in [6.07, 6.45) is 5.66. The molecule has 3 aromatic rings. The Morgan fingerprint density at radius 1 is 1.38 bits per heavy atom. The monoisotopic (exact) mass is 354 g/mol. The molecule has 2 aromatic heterocycles. The number of rotatable bonds is 3. The van der Waals surface area contributed by atoms with Gasteiger partial charge in [-0.05, 0) is 12.1 Å². The van der Waals surface area contributed by atoms with Gasteiger partial charge in [-0.3, -0.25) is 29.1 Å². The summed E-state index contributed by atoms with van der Waals surface area (Å²) in [5.41, 5.74) is 1.73. The van der Waals surface area contributed by atoms with Crippen LogP contribution in [0.4, 0.5) is 10.1 Å². The fraction of sp³-hybridized carbons (Fsp3) is 0.176. The second kappa shape index (κ2) is 6.19. The third-order valence-electron chi connectivity index (χ3n) is 4.35. The van der Waals surface area contributed by atoms with E-state index in [0.29, 0.717) is 12.2 Å². The van der Waals surface area contributed by atoms with Gasteiger partial charge in [0, 0.05) is 37.6 Å². The highest BCUT2D eigenvalue weighted by Crippen LogP contribution is 2.26. The number of anilines is 1. The topological polar surface area (TPSA) is 93.8 Å². The maximum Gasteiger partial charge on any atom is 0.273 e. The lowest BCUT2D eigenvalue weighted by molar-refractivity contribution is -0.118. The molecule has 132 valence electrons. The van der Waals surface area contributed by atoms with E-state index in [2.05, 4.69) is 20.7 Å². The van der Waals surface area contributed by atoms with Crippen LogP contribution < -0.4 is 16.2 Å². The Balaban J connectivity index is 1.57. The molecule has 8 nitrogen and oxygen atoms in total. The molecule has 0 saturated heterocycles. The molecule has 1 aliphatic heterocycles. The van der Waals surface area contributed by atoms with Gasteiger partial charge in [0.2, 0.25) is 5.91 Å². The van der Waals surface area contributed by atoms with Gasteiger partial charge in [0.05, 0.1) is 29.5 Å². The normalized spacial score (nSPS) is 15.7. The van der Waals surface area contributed by atoms with E-state index in [1.807, 2.05) is 0 Å². The summed E-state index contributed by atoms with van der Waals surface area (Å²) in [7, 11) is 1.81. The lowest BCUT2D eigenvalue weighted by atomic mass is 10.1. The molecule has 1 aliphatic rings. The second-order valence-corrected chi connectivity index (χ2v) is 5.92. The van der Waals surface area contributed by atoms with Gasteiger partial charge in [0.1, 0.15) is 11.9 Å². The van der Waals surface area contributed by atoms with Crippen LogP contribution in [-0.4, -0.2) is 25.2 Å². The number of halogens is 1. The molecule has 3 heterocycles. The molecule has 1 atom stereocenters. The molecule has 0 radical (unpaired) electrons. The highest BCUT2D eigenvalue weighted by atomic mass is 19.1. The van der Waals surface area contributed by atoms with Gasteiger partial charge in [-0.25, -0.2) is 4.39 Å². The minimum atomic E-state index is -0.635. The molecule has 1 amide bonds. The summed E-state index contributed by atoms with van der Waals surface area (Å²) in [4.78, 5) is 28.0. The quantitative estimate of drug-likeness (QED) is 0.729. The Labute approximate surface area is 147 Å². The average Bonchev–Trinajstić information content (AvgIpc) is 3.20. The van der Waals surface area contributed by atoms with Crippen LogP contribution in [0.1, 0.15) is 17.3 Å². The number of fused-ring (bicyclic) bond motifs is 1. The van der Waals surface area contributed by atoms with E-state index in [0.717, 1.165) is 17.5 Å². The van der Waals surface area contributed by atoms with E-state index in [9.17, 15) is 14.0 Å². The predicted molar refractivity (Wildman–Crippen MR) is 91.2 cm³/mol. The van der Waals surface area contributed by atoms with Crippen molar-refractivity contribution >= 4 is 11.6 Å². The van der Waals surface area contributed by atoms with Crippen molar-refractivity contribution < 1.29 is 9.18 Å². The van der Waals surface area contributed by atoms with Crippen molar-refractivity contribution in [3.8, 4) is 5.69 Å². The number of amides is 1. The molecule has 2 N–H and O–H groups in total. The van der Waals surface area contributed by atoms with E-state index >= 15 is 0 Å². The first-order valence-corrected chi connectivity index (χ1v) is 7.92. The lowest BCUT2D eigenvalue weighted by Gasteiger charge is -2.13. The maximum absolute atomic E-state index is 14.4. The van der Waals surface area contributed by atoms with Crippen molar-refractivity contribution in [3.63, 3.8) is 0 Å². The first-order chi connectivity index (χ1) is 12.5. The van der Waals surface area contributed by atoms with Gasteiger partial charge in [-0.1, -0.05) is 0 Å². The maximum atomic E-state index is 14.4. The number of aryl methyl sites for hydroxylation is 1. The van der Waals surface area contributed by atoms with E-state index in [1.54, 1.807) is 24.0 Å². The third-order valence-corrected chi connectivity index (χ3v) is 4.35. The Hall–Kier alpha value is -3.33. The Morgan fingerprint density at radius 3 is 3.00 bits per heavy atom. The third kappa shape index (κ3) is 2.68. The molecule has 0 spiro atoms. The highest BCUT2D eigenvalue weighted by Gasteiger charge is 2.31. The first-order valence-electron chi connectivity index (χ1n) is 7.92. The molecule has 4 rings (SSSR count). The molecule has 0 aliphatic carbocycles. The van der Waals surface area contributed by atoms with Crippen molar-refractivity contribution in [2.24, 2.45) is 7.05 Å². The molecule has 0 unspecified atom stereocenters. The number of benzene rings is 1. The van der Waals surface area contributed by atoms with Gasteiger partial charge in [0.15, 0.2) is 0 Å². The van der Waals surface area contributed by atoms with Crippen LogP contribution in [0, 0.1) is 5.82 Å². The second-order valence-electron chi connectivity index (χ2n) is 5.92. The summed E-state index contributed by atoms with van der Waals surface area (Å²) >= 11 is 0. The van der Waals surface area contributed by atoms with Gasteiger partial charge in [-0.15, -0.1) is 0 Å². The van der Waals surface area contributed by atoms with Crippen LogP contribution in [0.25, 0.3) is 5.69 Å². The molecule has 26 heavy (non-hydrogen) atoms. The number of aromatic nitrogens is 4. The fourth-order valence-electron chi connectivity index (χ4n) is 3.00. The van der Waals surface area contributed by atoms with Crippen molar-refractivity contribution in [2.75, 3.05) is 5.32 Å². The minimum absolute atomic E-state index is 0.0417. The van der Waals surface area contributed by atoms with Crippen LogP contribution in [0.5, 0.6) is 0 Å². The van der Waals surface area contributed by atoms with Crippen LogP contribution in [0.15, 0.2) is 47.8 Å². The molecule has 0 fully saturated rings. The van der Waals surface area contributed by atoms with Gasteiger partial charge in [-0.2, -0.15) is 5.10 Å². The van der Waals surface area contributed by atoms with Crippen LogP contribution >= 0.6 is 0 Å². The van der Waals surface area contributed by atoms with E-state index in [-0.39, 0.29) is 17.2 Å². The van der Waals surface area contributed by atoms with Crippen molar-refractivity contribution in [1.29, 1.82) is 0 Å².